The van der Waals surface area contributed by atoms with E-state index in [1.165, 1.54) is 43.4 Å². The number of thiazole rings is 1. The number of hydrogen-bond donors (Lipinski definition) is 2. The zero-order chi connectivity index (χ0) is 14.4. The molecule has 0 atom stereocenters. The zero-order valence-electron chi connectivity index (χ0n) is 13.0. The molecule has 3 N–H and O–H groups in total. The molecule has 1 heterocycles. The van der Waals surface area contributed by atoms with E-state index in [2.05, 4.69) is 29.1 Å². The lowest BCUT2D eigenvalue weighted by molar-refractivity contribution is 0.530. The van der Waals surface area contributed by atoms with Gasteiger partial charge in [0.15, 0.2) is 5.96 Å². The van der Waals surface area contributed by atoms with Gasteiger partial charge in [-0.25, -0.2) is 4.98 Å². The Morgan fingerprint density at radius 2 is 1.95 bits per heavy atom. The molecule has 1 aromatic heterocycles. The Kier molecular flexibility index (Phi) is 8.55. The highest BCUT2D eigenvalue weighted by molar-refractivity contribution is 14.0. The molecule has 1 saturated carbocycles. The molecule has 0 saturated heterocycles. The molecule has 0 unspecified atom stereocenters. The molecule has 0 amide bonds. The first-order chi connectivity index (χ1) is 9.65. The molecule has 6 heteroatoms. The Labute approximate surface area is 149 Å². The number of guanidine groups is 1. The number of aromatic nitrogens is 1. The van der Waals surface area contributed by atoms with Crippen LogP contribution in [0.4, 0.5) is 0 Å². The monoisotopic (exact) mass is 422 g/mol. The molecule has 21 heavy (non-hydrogen) atoms. The van der Waals surface area contributed by atoms with Crippen LogP contribution >= 0.6 is 35.3 Å². The van der Waals surface area contributed by atoms with Gasteiger partial charge in [-0.1, -0.05) is 25.7 Å². The average Bonchev–Trinajstić information content (AvgIpc) is 2.62. The molecule has 0 aliphatic heterocycles. The van der Waals surface area contributed by atoms with Crippen molar-refractivity contribution in [1.29, 1.82) is 0 Å². The van der Waals surface area contributed by atoms with Crippen LogP contribution in [0.3, 0.4) is 0 Å². The van der Waals surface area contributed by atoms with Crippen molar-refractivity contribution in [1.82, 2.24) is 10.3 Å². The van der Waals surface area contributed by atoms with Crippen molar-refractivity contribution in [3.8, 4) is 0 Å². The van der Waals surface area contributed by atoms with Crippen molar-refractivity contribution in [3.05, 3.63) is 15.6 Å². The van der Waals surface area contributed by atoms with Crippen molar-refractivity contribution >= 4 is 41.3 Å². The minimum Gasteiger partial charge on any atom is -0.370 e. The summed E-state index contributed by atoms with van der Waals surface area (Å²) in [4.78, 5) is 10.3. The maximum absolute atomic E-state index is 5.98. The molecule has 4 nitrogen and oxygen atoms in total. The second kappa shape index (κ2) is 9.61. The number of nitrogens with two attached hydrogens (primary N) is 1. The molecule has 120 valence electrons. The molecule has 1 fully saturated rings. The molecule has 0 bridgehead atoms. The van der Waals surface area contributed by atoms with Gasteiger partial charge < -0.3 is 11.1 Å². The lowest BCUT2D eigenvalue weighted by Crippen LogP contribution is -2.40. The quantitative estimate of drug-likeness (QED) is 0.338. The summed E-state index contributed by atoms with van der Waals surface area (Å²) in [5, 5.41) is 4.53. The van der Waals surface area contributed by atoms with Crippen LogP contribution in [-0.2, 0) is 6.42 Å². The molecular formula is C15H27IN4S. The van der Waals surface area contributed by atoms with Crippen LogP contribution in [0.2, 0.25) is 0 Å². The summed E-state index contributed by atoms with van der Waals surface area (Å²) in [7, 11) is 0. The van der Waals surface area contributed by atoms with Crippen LogP contribution in [0.5, 0.6) is 0 Å². The summed E-state index contributed by atoms with van der Waals surface area (Å²) >= 11 is 1.76. The fourth-order valence-electron chi connectivity index (χ4n) is 2.60. The van der Waals surface area contributed by atoms with E-state index in [0.29, 0.717) is 12.0 Å². The summed E-state index contributed by atoms with van der Waals surface area (Å²) in [5.41, 5.74) is 7.11. The van der Waals surface area contributed by atoms with E-state index in [-0.39, 0.29) is 24.0 Å². The van der Waals surface area contributed by atoms with Gasteiger partial charge in [-0.05, 0) is 26.7 Å². The van der Waals surface area contributed by atoms with Crippen molar-refractivity contribution < 1.29 is 0 Å². The van der Waals surface area contributed by atoms with Crippen LogP contribution < -0.4 is 11.1 Å². The Bertz CT molecular complexity index is 431. The van der Waals surface area contributed by atoms with Crippen LogP contribution in [0.25, 0.3) is 0 Å². The molecule has 0 radical (unpaired) electrons. The third kappa shape index (κ3) is 6.50. The first kappa shape index (κ1) is 18.7. The number of nitrogens with zero attached hydrogens (tertiary/aromatic N) is 2. The number of rotatable bonds is 4. The SMILES string of the molecule is Cc1nc(CCN=C(N)NC2CCCCCC2)sc1C.I. The van der Waals surface area contributed by atoms with Gasteiger partial charge in [0, 0.05) is 23.9 Å². The maximum Gasteiger partial charge on any atom is 0.188 e. The molecule has 1 aliphatic carbocycles. The maximum atomic E-state index is 5.98. The summed E-state index contributed by atoms with van der Waals surface area (Å²) in [5.74, 6) is 0.599. The van der Waals surface area contributed by atoms with Gasteiger partial charge in [0.25, 0.3) is 0 Å². The van der Waals surface area contributed by atoms with Gasteiger partial charge in [-0.3, -0.25) is 4.99 Å². The molecule has 1 aromatic rings. The normalized spacial score (nSPS) is 17.1. The van der Waals surface area contributed by atoms with Crippen molar-refractivity contribution in [2.45, 2.75) is 64.8 Å². The van der Waals surface area contributed by atoms with Crippen LogP contribution in [-0.4, -0.2) is 23.5 Å². The second-order valence-corrected chi connectivity index (χ2v) is 6.89. The van der Waals surface area contributed by atoms with Crippen LogP contribution in [0.15, 0.2) is 4.99 Å². The number of hydrogen-bond acceptors (Lipinski definition) is 3. The first-order valence-electron chi connectivity index (χ1n) is 7.64. The molecule has 0 aromatic carbocycles. The number of halogens is 1. The Balaban J connectivity index is 0.00000220. The fraction of sp³-hybridized carbons (Fsp3) is 0.733. The predicted molar refractivity (Wildman–Crippen MR) is 102 cm³/mol. The van der Waals surface area contributed by atoms with Gasteiger partial charge in [0.2, 0.25) is 0 Å². The van der Waals surface area contributed by atoms with E-state index < -0.39 is 0 Å². The largest absolute Gasteiger partial charge is 0.370 e. The second-order valence-electron chi connectivity index (χ2n) is 5.60. The van der Waals surface area contributed by atoms with Crippen LogP contribution in [0, 0.1) is 13.8 Å². The highest BCUT2D eigenvalue weighted by Crippen LogP contribution is 2.17. The number of aryl methyl sites for hydroxylation is 2. The summed E-state index contributed by atoms with van der Waals surface area (Å²) in [6, 6.07) is 0.519. The van der Waals surface area contributed by atoms with Gasteiger partial charge in [0.1, 0.15) is 0 Å². The Hall–Kier alpha value is -0.370. The predicted octanol–water partition coefficient (Wildman–Crippen LogP) is 3.55. The van der Waals surface area contributed by atoms with E-state index in [4.69, 9.17) is 5.73 Å². The third-order valence-corrected chi connectivity index (χ3v) is 5.02. The summed E-state index contributed by atoms with van der Waals surface area (Å²) in [6.07, 6.45) is 8.66. The van der Waals surface area contributed by atoms with Crippen LogP contribution in [0.1, 0.15) is 54.1 Å². The van der Waals surface area contributed by atoms with Crippen molar-refractivity contribution in [2.75, 3.05) is 6.54 Å². The Morgan fingerprint density at radius 1 is 1.29 bits per heavy atom. The summed E-state index contributed by atoms with van der Waals surface area (Å²) in [6.45, 7) is 4.89. The zero-order valence-corrected chi connectivity index (χ0v) is 16.2. The number of aliphatic imine (C=N–C) groups is 1. The molecular weight excluding hydrogens is 395 g/mol. The van der Waals surface area contributed by atoms with Crippen molar-refractivity contribution in [3.63, 3.8) is 0 Å². The highest BCUT2D eigenvalue weighted by Gasteiger charge is 2.12. The molecule has 1 aliphatic rings. The summed E-state index contributed by atoms with van der Waals surface area (Å²) < 4.78 is 0. The van der Waals surface area contributed by atoms with Gasteiger partial charge in [0.05, 0.1) is 10.7 Å². The minimum absolute atomic E-state index is 0. The molecule has 0 spiro atoms. The third-order valence-electron chi connectivity index (χ3n) is 3.89. The van der Waals surface area contributed by atoms with E-state index in [0.717, 1.165) is 23.7 Å². The van der Waals surface area contributed by atoms with E-state index in [1.807, 2.05) is 0 Å². The minimum atomic E-state index is 0. The lowest BCUT2D eigenvalue weighted by atomic mass is 10.1. The average molecular weight is 422 g/mol. The number of nitrogens with one attached hydrogen (secondary N) is 1. The standard InChI is InChI=1S/C15H26N4S.HI/c1-11-12(2)20-14(18-11)9-10-17-15(16)19-13-7-5-3-4-6-8-13;/h13H,3-10H2,1-2H3,(H3,16,17,19);1H. The van der Waals surface area contributed by atoms with E-state index in [9.17, 15) is 0 Å². The first-order valence-corrected chi connectivity index (χ1v) is 8.46. The molecule has 2 rings (SSSR count). The van der Waals surface area contributed by atoms with E-state index in [1.54, 1.807) is 11.3 Å². The van der Waals surface area contributed by atoms with Gasteiger partial charge in [-0.2, -0.15) is 0 Å². The smallest absolute Gasteiger partial charge is 0.188 e. The topological polar surface area (TPSA) is 63.3 Å². The van der Waals surface area contributed by atoms with E-state index >= 15 is 0 Å². The van der Waals surface area contributed by atoms with Gasteiger partial charge in [-0.15, -0.1) is 35.3 Å². The van der Waals surface area contributed by atoms with Gasteiger partial charge >= 0.3 is 0 Å². The fourth-order valence-corrected chi connectivity index (χ4v) is 3.52. The highest BCUT2D eigenvalue weighted by atomic mass is 127. The lowest BCUT2D eigenvalue weighted by Gasteiger charge is -2.16. The Morgan fingerprint density at radius 3 is 2.52 bits per heavy atom. The van der Waals surface area contributed by atoms with Crippen molar-refractivity contribution in [2.24, 2.45) is 10.7 Å².